The predicted molar refractivity (Wildman–Crippen MR) is 112 cm³/mol. The molecule has 1 aliphatic heterocycles. The SMILES string of the molecule is Cc1nn(Cc2ccccc2Cl)c(C)c1C(=O)OCC(=O)N1C[C@H](C)C[C@@H](C)C1. The molecular formula is C22H28ClN3O3. The second-order valence-corrected chi connectivity index (χ2v) is 8.52. The third-order valence-electron chi connectivity index (χ3n) is 5.41. The van der Waals surface area contributed by atoms with Crippen LogP contribution in [0.3, 0.4) is 0 Å². The number of carbonyl (C=O) groups is 2. The van der Waals surface area contributed by atoms with E-state index in [2.05, 4.69) is 18.9 Å². The highest BCUT2D eigenvalue weighted by atomic mass is 35.5. The Hall–Kier alpha value is -2.34. The molecule has 0 radical (unpaired) electrons. The molecule has 6 nitrogen and oxygen atoms in total. The maximum Gasteiger partial charge on any atom is 0.342 e. The van der Waals surface area contributed by atoms with E-state index in [-0.39, 0.29) is 12.5 Å². The van der Waals surface area contributed by atoms with Crippen molar-refractivity contribution in [3.63, 3.8) is 0 Å². The molecule has 3 rings (SSSR count). The summed E-state index contributed by atoms with van der Waals surface area (Å²) < 4.78 is 7.09. The lowest BCUT2D eigenvalue weighted by Gasteiger charge is -2.34. The first-order valence-electron chi connectivity index (χ1n) is 9.98. The molecular weight excluding hydrogens is 390 g/mol. The van der Waals surface area contributed by atoms with Crippen molar-refractivity contribution in [1.29, 1.82) is 0 Å². The third kappa shape index (κ3) is 4.99. The Morgan fingerprint density at radius 2 is 1.83 bits per heavy atom. The maximum absolute atomic E-state index is 12.7. The van der Waals surface area contributed by atoms with Crippen LogP contribution in [0.2, 0.25) is 5.02 Å². The Labute approximate surface area is 176 Å². The average Bonchev–Trinajstić information content (AvgIpc) is 2.94. The number of rotatable bonds is 5. The van der Waals surface area contributed by atoms with Crippen LogP contribution in [0.15, 0.2) is 24.3 Å². The van der Waals surface area contributed by atoms with Gasteiger partial charge in [0.25, 0.3) is 5.91 Å². The Morgan fingerprint density at radius 1 is 1.17 bits per heavy atom. The van der Waals surface area contributed by atoms with Crippen LogP contribution in [0.25, 0.3) is 0 Å². The molecule has 1 fully saturated rings. The highest BCUT2D eigenvalue weighted by Crippen LogP contribution is 2.22. The van der Waals surface area contributed by atoms with Gasteiger partial charge in [-0.2, -0.15) is 5.10 Å². The number of ether oxygens (including phenoxy) is 1. The Bertz CT molecular complexity index is 899. The molecule has 0 aliphatic carbocycles. The van der Waals surface area contributed by atoms with Gasteiger partial charge in [0, 0.05) is 18.1 Å². The summed E-state index contributed by atoms with van der Waals surface area (Å²) in [5, 5.41) is 5.12. The fourth-order valence-corrected chi connectivity index (χ4v) is 4.29. The number of esters is 1. The van der Waals surface area contributed by atoms with E-state index >= 15 is 0 Å². The van der Waals surface area contributed by atoms with E-state index in [0.717, 1.165) is 12.0 Å². The van der Waals surface area contributed by atoms with Gasteiger partial charge in [0.2, 0.25) is 0 Å². The number of amides is 1. The number of piperidine rings is 1. The molecule has 1 amide bonds. The van der Waals surface area contributed by atoms with E-state index in [4.69, 9.17) is 16.3 Å². The summed E-state index contributed by atoms with van der Waals surface area (Å²) >= 11 is 6.24. The van der Waals surface area contributed by atoms with E-state index in [9.17, 15) is 9.59 Å². The van der Waals surface area contributed by atoms with Gasteiger partial charge in [-0.3, -0.25) is 9.48 Å². The van der Waals surface area contributed by atoms with Crippen molar-refractivity contribution in [3.8, 4) is 0 Å². The first-order valence-corrected chi connectivity index (χ1v) is 10.4. The highest BCUT2D eigenvalue weighted by molar-refractivity contribution is 6.31. The lowest BCUT2D eigenvalue weighted by atomic mass is 9.92. The normalized spacial score (nSPS) is 19.3. The molecule has 1 aromatic carbocycles. The van der Waals surface area contributed by atoms with Crippen molar-refractivity contribution >= 4 is 23.5 Å². The van der Waals surface area contributed by atoms with E-state index in [0.29, 0.717) is 53.4 Å². The van der Waals surface area contributed by atoms with Crippen LogP contribution >= 0.6 is 11.6 Å². The fourth-order valence-electron chi connectivity index (χ4n) is 4.09. The Morgan fingerprint density at radius 3 is 2.48 bits per heavy atom. The average molecular weight is 418 g/mol. The smallest absolute Gasteiger partial charge is 0.342 e. The number of hydrogen-bond acceptors (Lipinski definition) is 4. The molecule has 2 aromatic rings. The van der Waals surface area contributed by atoms with E-state index < -0.39 is 5.97 Å². The maximum atomic E-state index is 12.7. The van der Waals surface area contributed by atoms with Crippen molar-refractivity contribution in [2.24, 2.45) is 11.8 Å². The molecule has 0 unspecified atom stereocenters. The van der Waals surface area contributed by atoms with Gasteiger partial charge < -0.3 is 9.64 Å². The molecule has 0 bridgehead atoms. The molecule has 29 heavy (non-hydrogen) atoms. The zero-order chi connectivity index (χ0) is 21.1. The minimum absolute atomic E-state index is 0.143. The molecule has 0 saturated carbocycles. The van der Waals surface area contributed by atoms with E-state index in [1.165, 1.54) is 0 Å². The standard InChI is InChI=1S/C22H28ClN3O3/c1-14-9-15(2)11-25(10-14)20(27)13-29-22(28)21-16(3)24-26(17(21)4)12-18-7-5-6-8-19(18)23/h5-8,14-15H,9-13H2,1-4H3/t14-,15-/m1/s1. The summed E-state index contributed by atoms with van der Waals surface area (Å²) in [5.74, 6) is 0.268. The summed E-state index contributed by atoms with van der Waals surface area (Å²) in [6.45, 7) is 9.52. The third-order valence-corrected chi connectivity index (χ3v) is 5.78. The van der Waals surface area contributed by atoms with Crippen LogP contribution in [0.1, 0.15) is 47.6 Å². The number of halogens is 1. The minimum Gasteiger partial charge on any atom is -0.452 e. The molecule has 156 valence electrons. The Kier molecular flexibility index (Phi) is 6.63. The van der Waals surface area contributed by atoms with Crippen LogP contribution < -0.4 is 0 Å². The molecule has 1 saturated heterocycles. The second kappa shape index (κ2) is 8.99. The molecule has 1 aliphatic rings. The number of hydrogen-bond donors (Lipinski definition) is 0. The fraction of sp³-hybridized carbons (Fsp3) is 0.500. The van der Waals surface area contributed by atoms with Crippen LogP contribution in [0.5, 0.6) is 0 Å². The van der Waals surface area contributed by atoms with Crippen molar-refractivity contribution in [3.05, 3.63) is 51.8 Å². The van der Waals surface area contributed by atoms with Crippen LogP contribution in [0, 0.1) is 25.7 Å². The molecule has 2 heterocycles. The van der Waals surface area contributed by atoms with Crippen molar-refractivity contribution in [2.45, 2.75) is 40.7 Å². The van der Waals surface area contributed by atoms with Crippen LogP contribution in [-0.2, 0) is 16.1 Å². The zero-order valence-electron chi connectivity index (χ0n) is 17.4. The first-order chi connectivity index (χ1) is 13.8. The van der Waals surface area contributed by atoms with Gasteiger partial charge in [0.15, 0.2) is 6.61 Å². The van der Waals surface area contributed by atoms with E-state index in [1.54, 1.807) is 16.5 Å². The van der Waals surface area contributed by atoms with Crippen molar-refractivity contribution in [2.75, 3.05) is 19.7 Å². The molecule has 1 aromatic heterocycles. The van der Waals surface area contributed by atoms with Crippen molar-refractivity contribution < 1.29 is 14.3 Å². The lowest BCUT2D eigenvalue weighted by molar-refractivity contribution is -0.137. The number of aryl methyl sites for hydroxylation is 1. The number of carbonyl (C=O) groups excluding carboxylic acids is 2. The minimum atomic E-state index is -0.517. The Balaban J connectivity index is 1.66. The number of aromatic nitrogens is 2. The lowest BCUT2D eigenvalue weighted by Crippen LogP contribution is -2.44. The second-order valence-electron chi connectivity index (χ2n) is 8.12. The van der Waals surface area contributed by atoms with Crippen LogP contribution in [-0.4, -0.2) is 46.3 Å². The monoisotopic (exact) mass is 417 g/mol. The summed E-state index contributed by atoms with van der Waals surface area (Å²) in [5.41, 5.74) is 2.60. The van der Waals surface area contributed by atoms with E-state index in [1.807, 2.05) is 31.2 Å². The molecule has 0 spiro atoms. The summed E-state index contributed by atoms with van der Waals surface area (Å²) in [4.78, 5) is 27.0. The predicted octanol–water partition coefficient (Wildman–Crippen LogP) is 3.86. The topological polar surface area (TPSA) is 64.4 Å². The molecule has 2 atom stereocenters. The summed E-state index contributed by atoms with van der Waals surface area (Å²) in [7, 11) is 0. The van der Waals surface area contributed by atoms with Gasteiger partial charge in [-0.15, -0.1) is 0 Å². The van der Waals surface area contributed by atoms with Gasteiger partial charge >= 0.3 is 5.97 Å². The van der Waals surface area contributed by atoms with Gasteiger partial charge in [0.1, 0.15) is 5.56 Å². The van der Waals surface area contributed by atoms with Gasteiger partial charge in [-0.25, -0.2) is 4.79 Å². The number of likely N-dealkylation sites (tertiary alicyclic amines) is 1. The van der Waals surface area contributed by atoms with Crippen LogP contribution in [0.4, 0.5) is 0 Å². The highest BCUT2D eigenvalue weighted by Gasteiger charge is 2.27. The van der Waals surface area contributed by atoms with Gasteiger partial charge in [0.05, 0.1) is 17.9 Å². The largest absolute Gasteiger partial charge is 0.452 e. The van der Waals surface area contributed by atoms with Gasteiger partial charge in [-0.1, -0.05) is 43.6 Å². The number of benzene rings is 1. The number of nitrogens with zero attached hydrogens (tertiary/aromatic N) is 3. The molecule has 7 heteroatoms. The molecule has 0 N–H and O–H groups in total. The summed E-state index contributed by atoms with van der Waals surface area (Å²) in [6, 6.07) is 7.54. The first kappa shape index (κ1) is 21.4. The quantitative estimate of drug-likeness (QED) is 0.693. The zero-order valence-corrected chi connectivity index (χ0v) is 18.2. The summed E-state index contributed by atoms with van der Waals surface area (Å²) in [6.07, 6.45) is 1.12. The van der Waals surface area contributed by atoms with Crippen molar-refractivity contribution in [1.82, 2.24) is 14.7 Å². The van der Waals surface area contributed by atoms with Gasteiger partial charge in [-0.05, 0) is 43.7 Å².